The van der Waals surface area contributed by atoms with Crippen molar-refractivity contribution < 1.29 is 50.1 Å². The van der Waals surface area contributed by atoms with Gasteiger partial charge in [-0.1, -0.05) is 12.1 Å². The molecule has 0 saturated heterocycles. The van der Waals surface area contributed by atoms with Gasteiger partial charge in [0, 0.05) is 16.9 Å². The number of ether oxygens (including phenoxy) is 3. The zero-order valence-corrected chi connectivity index (χ0v) is 21.4. The van der Waals surface area contributed by atoms with Crippen molar-refractivity contribution in [2.75, 3.05) is 24.7 Å². The van der Waals surface area contributed by atoms with Crippen LogP contribution in [0.2, 0.25) is 0 Å². The number of carbonyl (C=O) groups is 2. The summed E-state index contributed by atoms with van der Waals surface area (Å²) in [7, 11) is 0. The molecule has 1 atom stereocenters. The van der Waals surface area contributed by atoms with Gasteiger partial charge < -0.3 is 25.7 Å². The number of esters is 2. The number of nitrogens with two attached hydrogens (primary N) is 2. The highest BCUT2D eigenvalue weighted by Gasteiger charge is 2.57. The Morgan fingerprint density at radius 3 is 2.07 bits per heavy atom. The lowest BCUT2D eigenvalue weighted by molar-refractivity contribution is -0.250. The predicted molar refractivity (Wildman–Crippen MR) is 139 cm³/mol. The number of alkyl halides is 6. The van der Waals surface area contributed by atoms with Crippen LogP contribution in [0.4, 0.5) is 37.7 Å². The number of rotatable bonds is 10. The van der Waals surface area contributed by atoms with E-state index in [1.54, 1.807) is 31.2 Å². The number of halogens is 6. The van der Waals surface area contributed by atoms with Gasteiger partial charge >= 0.3 is 24.0 Å². The third kappa shape index (κ3) is 8.16. The fraction of sp³-hybridized carbons (Fsp3) is 0.214. The van der Waals surface area contributed by atoms with Gasteiger partial charge in [-0.2, -0.15) is 22.0 Å². The first-order valence-electron chi connectivity index (χ1n) is 11.9. The highest BCUT2D eigenvalue weighted by atomic mass is 19.4. The van der Waals surface area contributed by atoms with Gasteiger partial charge in [0.1, 0.15) is 11.5 Å². The second kappa shape index (κ2) is 12.7. The number of nitrogen functional groups attached to an aromatic ring is 2. The van der Waals surface area contributed by atoms with Gasteiger partial charge in [0.25, 0.3) is 6.17 Å². The van der Waals surface area contributed by atoms with Gasteiger partial charge in [-0.05, 0) is 73.2 Å². The third-order valence-electron chi connectivity index (χ3n) is 5.44. The van der Waals surface area contributed by atoms with Crippen LogP contribution in [0.3, 0.4) is 0 Å². The van der Waals surface area contributed by atoms with Crippen molar-refractivity contribution in [3.8, 4) is 11.5 Å². The first kappa shape index (κ1) is 30.9. The van der Waals surface area contributed by atoms with Gasteiger partial charge in [-0.3, -0.25) is 0 Å². The Hall–Kier alpha value is -4.68. The standard InChI is InChI=1S/C28H24F6N2O5/c1-2-39-25(38)22(21-12-7-18(35)14-23(21)36)13-16-3-8-20(9-4-16)41-24(37)17-5-10-19(11-6-17)40-15-27(30,31)26(29)28(32,33)34/h3-14,26H,2,15,35-36H2,1H3. The third-order valence-corrected chi connectivity index (χ3v) is 5.44. The summed E-state index contributed by atoms with van der Waals surface area (Å²) >= 11 is 0. The Balaban J connectivity index is 1.68. The summed E-state index contributed by atoms with van der Waals surface area (Å²) < 4.78 is 91.5. The first-order chi connectivity index (χ1) is 19.2. The summed E-state index contributed by atoms with van der Waals surface area (Å²) in [6, 6.07) is 15.1. The minimum absolute atomic E-state index is 0.0323. The van der Waals surface area contributed by atoms with Crippen molar-refractivity contribution >= 4 is 35.0 Å². The fourth-order valence-corrected chi connectivity index (χ4v) is 3.43. The molecule has 0 amide bonds. The average Bonchev–Trinajstić information content (AvgIpc) is 2.91. The van der Waals surface area contributed by atoms with Gasteiger partial charge in [0.15, 0.2) is 6.61 Å². The average molecular weight is 582 g/mol. The van der Waals surface area contributed by atoms with Crippen LogP contribution in [0.5, 0.6) is 11.5 Å². The van der Waals surface area contributed by atoms with E-state index in [4.69, 9.17) is 20.9 Å². The van der Waals surface area contributed by atoms with Crippen LogP contribution < -0.4 is 20.9 Å². The van der Waals surface area contributed by atoms with Gasteiger partial charge in [0.05, 0.1) is 17.7 Å². The van der Waals surface area contributed by atoms with E-state index in [-0.39, 0.29) is 34.9 Å². The van der Waals surface area contributed by atoms with E-state index in [1.165, 1.54) is 24.3 Å². The van der Waals surface area contributed by atoms with Crippen molar-refractivity contribution in [2.45, 2.75) is 25.2 Å². The van der Waals surface area contributed by atoms with Crippen LogP contribution >= 0.6 is 0 Å². The number of hydrogen-bond acceptors (Lipinski definition) is 7. The topological polar surface area (TPSA) is 114 Å². The SMILES string of the molecule is CCOC(=O)C(=Cc1ccc(OC(=O)c2ccc(OCC(F)(F)C(F)C(F)(F)F)cc2)cc1)c1ccc(N)cc1N. The van der Waals surface area contributed by atoms with E-state index in [0.29, 0.717) is 16.8 Å². The van der Waals surface area contributed by atoms with Crippen LogP contribution in [0.15, 0.2) is 66.7 Å². The molecule has 4 N–H and O–H groups in total. The zero-order valence-electron chi connectivity index (χ0n) is 21.4. The number of carbonyl (C=O) groups excluding carboxylic acids is 2. The molecule has 0 heterocycles. The molecule has 3 aromatic rings. The van der Waals surface area contributed by atoms with E-state index in [1.807, 2.05) is 0 Å². The molecular weight excluding hydrogens is 558 g/mol. The van der Waals surface area contributed by atoms with Crippen molar-refractivity contribution in [1.29, 1.82) is 0 Å². The van der Waals surface area contributed by atoms with E-state index >= 15 is 0 Å². The summed E-state index contributed by atoms with van der Waals surface area (Å²) in [5, 5.41) is 0. The lowest BCUT2D eigenvalue weighted by atomic mass is 10.0. The van der Waals surface area contributed by atoms with Gasteiger partial charge in [-0.15, -0.1) is 0 Å². The molecule has 0 aliphatic carbocycles. The molecule has 7 nitrogen and oxygen atoms in total. The Bertz CT molecular complexity index is 1410. The Morgan fingerprint density at radius 2 is 1.51 bits per heavy atom. The normalized spacial score (nSPS) is 12.9. The minimum atomic E-state index is -5.75. The summed E-state index contributed by atoms with van der Waals surface area (Å²) in [5.41, 5.74) is 13.6. The molecule has 13 heteroatoms. The molecule has 3 aromatic carbocycles. The molecular formula is C28H24F6N2O5. The molecule has 0 aliphatic heterocycles. The predicted octanol–water partition coefficient (Wildman–Crippen LogP) is 6.09. The Labute approximate surface area is 230 Å². The van der Waals surface area contributed by atoms with E-state index < -0.39 is 36.8 Å². The van der Waals surface area contributed by atoms with E-state index in [9.17, 15) is 35.9 Å². The molecule has 1 unspecified atom stereocenters. The van der Waals surface area contributed by atoms with Crippen molar-refractivity contribution in [1.82, 2.24) is 0 Å². The highest BCUT2D eigenvalue weighted by Crippen LogP contribution is 2.35. The summed E-state index contributed by atoms with van der Waals surface area (Å²) in [6.45, 7) is -0.0693. The zero-order chi connectivity index (χ0) is 30.4. The first-order valence-corrected chi connectivity index (χ1v) is 11.9. The maximum atomic E-state index is 13.4. The lowest BCUT2D eigenvalue weighted by Crippen LogP contribution is -2.45. The monoisotopic (exact) mass is 582 g/mol. The van der Waals surface area contributed by atoms with E-state index in [0.717, 1.165) is 24.3 Å². The molecule has 0 radical (unpaired) electrons. The van der Waals surface area contributed by atoms with Crippen molar-refractivity contribution in [2.24, 2.45) is 0 Å². The molecule has 218 valence electrons. The van der Waals surface area contributed by atoms with Gasteiger partial charge in [-0.25, -0.2) is 14.0 Å². The maximum Gasteiger partial charge on any atom is 0.425 e. The molecule has 0 saturated carbocycles. The molecule has 41 heavy (non-hydrogen) atoms. The highest BCUT2D eigenvalue weighted by molar-refractivity contribution is 6.23. The Kier molecular flexibility index (Phi) is 9.53. The summed E-state index contributed by atoms with van der Waals surface area (Å²) in [5.74, 6) is -6.45. The molecule has 0 spiro atoms. The molecule has 0 fully saturated rings. The maximum absolute atomic E-state index is 13.4. The molecule has 3 rings (SSSR count). The minimum Gasteiger partial charge on any atom is -0.487 e. The summed E-state index contributed by atoms with van der Waals surface area (Å²) in [6.07, 6.45) is -8.60. The van der Waals surface area contributed by atoms with Crippen molar-refractivity contribution in [3.05, 3.63) is 83.4 Å². The van der Waals surface area contributed by atoms with Crippen LogP contribution in [-0.4, -0.2) is 43.4 Å². The quantitative estimate of drug-likeness (QED) is 0.0743. The van der Waals surface area contributed by atoms with Crippen molar-refractivity contribution in [3.63, 3.8) is 0 Å². The number of hydrogen-bond donors (Lipinski definition) is 2. The lowest BCUT2D eigenvalue weighted by Gasteiger charge is -2.22. The second-order valence-corrected chi connectivity index (χ2v) is 8.56. The van der Waals surface area contributed by atoms with Gasteiger partial charge in [0.2, 0.25) is 0 Å². The fourth-order valence-electron chi connectivity index (χ4n) is 3.43. The Morgan fingerprint density at radius 1 is 0.902 bits per heavy atom. The largest absolute Gasteiger partial charge is 0.487 e. The van der Waals surface area contributed by atoms with Crippen LogP contribution in [0.25, 0.3) is 11.6 Å². The van der Waals surface area contributed by atoms with Crippen LogP contribution in [0.1, 0.15) is 28.4 Å². The number of anilines is 2. The molecule has 0 aromatic heterocycles. The molecule has 0 aliphatic rings. The number of benzene rings is 3. The van der Waals surface area contributed by atoms with E-state index in [2.05, 4.69) is 4.74 Å². The van der Waals surface area contributed by atoms with Crippen LogP contribution in [-0.2, 0) is 9.53 Å². The molecule has 0 bridgehead atoms. The summed E-state index contributed by atoms with van der Waals surface area (Å²) in [4.78, 5) is 25.0. The smallest absolute Gasteiger partial charge is 0.425 e. The van der Waals surface area contributed by atoms with Crippen LogP contribution in [0, 0.1) is 0 Å². The second-order valence-electron chi connectivity index (χ2n) is 8.56.